The molecule has 0 radical (unpaired) electrons. The summed E-state index contributed by atoms with van der Waals surface area (Å²) in [4.78, 5) is 33.4. The number of hydrogen-bond acceptors (Lipinski definition) is 6. The number of anilines is 1. The molecule has 2 aliphatic heterocycles. The third-order valence-corrected chi connectivity index (χ3v) is 10.8. The van der Waals surface area contributed by atoms with Crippen LogP contribution in [0.5, 0.6) is 0 Å². The Hall–Kier alpha value is -1.70. The lowest BCUT2D eigenvalue weighted by Crippen LogP contribution is -2.49. The average Bonchev–Trinajstić information content (AvgIpc) is 3.66. The molecule has 1 aromatic carbocycles. The molecule has 194 valence electrons. The van der Waals surface area contributed by atoms with Crippen LogP contribution in [0.3, 0.4) is 0 Å². The SMILES string of the molecule is Cl.O=C1C2C3CCC(C3)C2C(=O)N1C[C@@H]1CCCC[C@H]1CN1CCN(c2nsc3ccccc23)CC1. The van der Waals surface area contributed by atoms with E-state index in [0.717, 1.165) is 64.2 Å². The minimum Gasteiger partial charge on any atom is -0.353 e. The standard InChI is InChI=1S/C28H36N4O2S.ClH/c33-27-24-18-9-10-19(15-18)25(24)28(34)32(27)17-21-6-2-1-5-20(21)16-30-11-13-31(14-12-30)26-22-7-3-4-8-23(22)35-29-26;/h3-4,7-8,18-21,24-25H,1-2,5-6,9-17H2;1H/t18?,19?,20-,21-,24?,25?;/m0./s1. The van der Waals surface area contributed by atoms with Gasteiger partial charge in [-0.05, 0) is 79.4 Å². The number of imide groups is 1. The number of carbonyl (C=O) groups is 2. The van der Waals surface area contributed by atoms with Crippen LogP contribution in [0, 0.1) is 35.5 Å². The van der Waals surface area contributed by atoms with Gasteiger partial charge >= 0.3 is 0 Å². The van der Waals surface area contributed by atoms with Crippen molar-refractivity contribution >= 4 is 51.7 Å². The number of benzene rings is 1. The van der Waals surface area contributed by atoms with Crippen molar-refractivity contribution in [3.63, 3.8) is 0 Å². The lowest BCUT2D eigenvalue weighted by Gasteiger charge is -2.40. The van der Waals surface area contributed by atoms with Crippen LogP contribution in [-0.2, 0) is 9.59 Å². The number of amides is 2. The first-order valence-electron chi connectivity index (χ1n) is 13.8. The highest BCUT2D eigenvalue weighted by Crippen LogP contribution is 2.56. The number of aromatic nitrogens is 1. The Morgan fingerprint density at radius 3 is 2.17 bits per heavy atom. The van der Waals surface area contributed by atoms with E-state index in [1.54, 1.807) is 16.4 Å². The third-order valence-electron chi connectivity index (χ3n) is 10.0. The molecule has 0 spiro atoms. The maximum absolute atomic E-state index is 13.3. The van der Waals surface area contributed by atoms with Crippen LogP contribution >= 0.6 is 23.9 Å². The van der Waals surface area contributed by atoms with Gasteiger partial charge in [-0.3, -0.25) is 19.4 Å². The summed E-state index contributed by atoms with van der Waals surface area (Å²) >= 11 is 1.60. The number of likely N-dealkylation sites (tertiary alicyclic amines) is 1. The molecule has 3 saturated carbocycles. The van der Waals surface area contributed by atoms with Crippen LogP contribution in [0.2, 0.25) is 0 Å². The molecule has 1 aromatic heterocycles. The van der Waals surface area contributed by atoms with Gasteiger partial charge in [-0.25, -0.2) is 0 Å². The van der Waals surface area contributed by atoms with E-state index in [4.69, 9.17) is 4.37 Å². The minimum atomic E-state index is 0. The summed E-state index contributed by atoms with van der Waals surface area (Å²) in [5.74, 6) is 3.59. The number of fused-ring (bicyclic) bond motifs is 6. The van der Waals surface area contributed by atoms with Gasteiger partial charge in [0, 0.05) is 44.7 Å². The van der Waals surface area contributed by atoms with Crippen LogP contribution in [-0.4, -0.2) is 65.3 Å². The molecular formula is C28H37ClN4O2S. The van der Waals surface area contributed by atoms with Crippen LogP contribution < -0.4 is 4.90 Å². The van der Waals surface area contributed by atoms with Crippen molar-refractivity contribution in [3.05, 3.63) is 24.3 Å². The fourth-order valence-corrected chi connectivity index (χ4v) is 9.02. The van der Waals surface area contributed by atoms with Crippen molar-refractivity contribution in [1.29, 1.82) is 0 Å². The van der Waals surface area contributed by atoms with E-state index in [-0.39, 0.29) is 36.1 Å². The summed E-state index contributed by atoms with van der Waals surface area (Å²) in [7, 11) is 0. The zero-order valence-electron chi connectivity index (χ0n) is 20.9. The monoisotopic (exact) mass is 528 g/mol. The molecule has 6 atom stereocenters. The summed E-state index contributed by atoms with van der Waals surface area (Å²) < 4.78 is 6.02. The van der Waals surface area contributed by atoms with Gasteiger partial charge in [0.2, 0.25) is 11.8 Å². The molecule has 0 N–H and O–H groups in total. The fourth-order valence-electron chi connectivity index (χ4n) is 8.22. The number of carbonyl (C=O) groups excluding carboxylic acids is 2. The molecule has 5 fully saturated rings. The van der Waals surface area contributed by atoms with Gasteiger partial charge < -0.3 is 4.90 Å². The smallest absolute Gasteiger partial charge is 0.233 e. The predicted octanol–water partition coefficient (Wildman–Crippen LogP) is 4.68. The molecule has 7 rings (SSSR count). The predicted molar refractivity (Wildman–Crippen MR) is 145 cm³/mol. The Labute approximate surface area is 224 Å². The van der Waals surface area contributed by atoms with Crippen molar-refractivity contribution in [1.82, 2.24) is 14.2 Å². The molecule has 8 heteroatoms. The van der Waals surface area contributed by atoms with Gasteiger partial charge in [0.25, 0.3) is 0 Å². The summed E-state index contributed by atoms with van der Waals surface area (Å²) in [5, 5.41) is 1.27. The van der Waals surface area contributed by atoms with E-state index in [1.807, 2.05) is 0 Å². The zero-order chi connectivity index (χ0) is 23.5. The van der Waals surface area contributed by atoms with Gasteiger partial charge in [-0.2, -0.15) is 4.37 Å². The summed E-state index contributed by atoms with van der Waals surface area (Å²) in [6, 6.07) is 8.54. The second-order valence-electron chi connectivity index (χ2n) is 11.8. The van der Waals surface area contributed by atoms with Gasteiger partial charge in [-0.15, -0.1) is 12.4 Å². The maximum atomic E-state index is 13.3. The van der Waals surface area contributed by atoms with Crippen molar-refractivity contribution in [2.45, 2.75) is 44.9 Å². The molecule has 6 nitrogen and oxygen atoms in total. The van der Waals surface area contributed by atoms with E-state index in [0.29, 0.717) is 30.2 Å². The molecule has 3 aliphatic carbocycles. The first-order valence-corrected chi connectivity index (χ1v) is 14.6. The van der Waals surface area contributed by atoms with Crippen molar-refractivity contribution in [2.75, 3.05) is 44.2 Å². The Balaban J connectivity index is 0.00000240. The van der Waals surface area contributed by atoms with Crippen molar-refractivity contribution < 1.29 is 9.59 Å². The van der Waals surface area contributed by atoms with Crippen LogP contribution in [0.15, 0.2) is 24.3 Å². The van der Waals surface area contributed by atoms with Crippen molar-refractivity contribution in [3.8, 4) is 0 Å². The van der Waals surface area contributed by atoms with Gasteiger partial charge in [0.1, 0.15) is 5.82 Å². The highest BCUT2D eigenvalue weighted by atomic mass is 35.5. The molecule has 4 unspecified atom stereocenters. The normalized spacial score (nSPS) is 34.4. The largest absolute Gasteiger partial charge is 0.353 e. The van der Waals surface area contributed by atoms with Crippen LogP contribution in [0.25, 0.3) is 10.1 Å². The number of piperazine rings is 1. The molecular weight excluding hydrogens is 492 g/mol. The molecule has 36 heavy (non-hydrogen) atoms. The first kappa shape index (κ1) is 24.6. The molecule has 3 heterocycles. The number of halogens is 1. The van der Waals surface area contributed by atoms with E-state index in [9.17, 15) is 9.59 Å². The third kappa shape index (κ3) is 4.06. The molecule has 2 bridgehead atoms. The molecule has 2 aromatic rings. The van der Waals surface area contributed by atoms with Gasteiger partial charge in [0.15, 0.2) is 0 Å². The topological polar surface area (TPSA) is 56.8 Å². The highest BCUT2D eigenvalue weighted by Gasteiger charge is 2.61. The Kier molecular flexibility index (Phi) is 6.76. The lowest BCUT2D eigenvalue weighted by molar-refractivity contribution is -0.142. The number of nitrogens with zero attached hydrogens (tertiary/aromatic N) is 4. The van der Waals surface area contributed by atoms with Crippen LogP contribution in [0.4, 0.5) is 5.82 Å². The Morgan fingerprint density at radius 2 is 1.47 bits per heavy atom. The van der Waals surface area contributed by atoms with Gasteiger partial charge in [-0.1, -0.05) is 25.0 Å². The maximum Gasteiger partial charge on any atom is 0.233 e. The lowest BCUT2D eigenvalue weighted by atomic mass is 9.78. The Bertz CT molecular complexity index is 1100. The molecule has 2 saturated heterocycles. The second kappa shape index (κ2) is 9.88. The van der Waals surface area contributed by atoms with Crippen molar-refractivity contribution in [2.24, 2.45) is 35.5 Å². The average molecular weight is 529 g/mol. The van der Waals surface area contributed by atoms with E-state index >= 15 is 0 Å². The zero-order valence-corrected chi connectivity index (χ0v) is 22.5. The molecule has 5 aliphatic rings. The van der Waals surface area contributed by atoms with E-state index in [2.05, 4.69) is 34.1 Å². The van der Waals surface area contributed by atoms with Crippen LogP contribution in [0.1, 0.15) is 44.9 Å². The second-order valence-corrected chi connectivity index (χ2v) is 12.6. The Morgan fingerprint density at radius 1 is 0.833 bits per heavy atom. The number of hydrogen-bond donors (Lipinski definition) is 0. The molecule has 2 amide bonds. The quantitative estimate of drug-likeness (QED) is 0.527. The summed E-state index contributed by atoms with van der Waals surface area (Å²) in [5.41, 5.74) is 0. The first-order chi connectivity index (χ1) is 17.2. The van der Waals surface area contributed by atoms with E-state index < -0.39 is 0 Å². The fraction of sp³-hybridized carbons (Fsp3) is 0.679. The summed E-state index contributed by atoms with van der Waals surface area (Å²) in [6.45, 7) is 5.93. The minimum absolute atomic E-state index is 0. The summed E-state index contributed by atoms with van der Waals surface area (Å²) in [6.07, 6.45) is 8.35. The highest BCUT2D eigenvalue weighted by molar-refractivity contribution is 7.13. The van der Waals surface area contributed by atoms with E-state index in [1.165, 1.54) is 29.3 Å². The number of rotatable bonds is 5. The van der Waals surface area contributed by atoms with Gasteiger partial charge in [0.05, 0.1) is 16.5 Å².